The van der Waals surface area contributed by atoms with Crippen molar-refractivity contribution in [3.05, 3.63) is 0 Å². The van der Waals surface area contributed by atoms with Gasteiger partial charge in [0.05, 0.1) is 6.10 Å². The van der Waals surface area contributed by atoms with E-state index in [1.807, 2.05) is 0 Å². The zero-order chi connectivity index (χ0) is 9.56. The summed E-state index contributed by atoms with van der Waals surface area (Å²) in [5.41, 5.74) is 5.21. The maximum Gasteiger partial charge on any atom is 0.321 e. The Labute approximate surface area is 80.1 Å². The topological polar surface area (TPSA) is 83.5 Å². The number of halogens is 1. The van der Waals surface area contributed by atoms with Crippen LogP contribution < -0.4 is 5.73 Å². The van der Waals surface area contributed by atoms with E-state index in [1.54, 1.807) is 0 Å². The lowest BCUT2D eigenvalue weighted by molar-refractivity contribution is -0.137. The Morgan fingerprint density at radius 3 is 2.58 bits per heavy atom. The fourth-order valence-corrected chi connectivity index (χ4v) is 1.61. The van der Waals surface area contributed by atoms with Crippen molar-refractivity contribution in [3.8, 4) is 0 Å². The zero-order valence-electron chi connectivity index (χ0n) is 6.44. The molecule has 6 heteroatoms. The first kappa shape index (κ1) is 12.0. The quantitative estimate of drug-likeness (QED) is 0.529. The molecular weight excluding hydrogens is 202 g/mol. The number of aliphatic hydroxyl groups is 1. The molecule has 0 spiro atoms. The van der Waals surface area contributed by atoms with E-state index < -0.39 is 18.1 Å². The number of aliphatic hydroxyl groups excluding tert-OH is 1. The van der Waals surface area contributed by atoms with Crippen LogP contribution in [0.1, 0.15) is 0 Å². The van der Waals surface area contributed by atoms with Crippen molar-refractivity contribution in [2.24, 2.45) is 5.73 Å². The molecule has 0 aliphatic rings. The van der Waals surface area contributed by atoms with Gasteiger partial charge in [0, 0.05) is 17.4 Å². The number of hydrogen-bond acceptors (Lipinski definition) is 4. The molecule has 0 aromatic heterocycles. The standard InChI is InChI=1S/C6H12ClNO3S/c7-1-4(9)2-12-3-5(8)6(10)11/h4-5,9H,1-3,8H2,(H,10,11)/t4?,5-/m0/s1. The highest BCUT2D eigenvalue weighted by Crippen LogP contribution is 2.05. The van der Waals surface area contributed by atoms with Crippen LogP contribution in [0.25, 0.3) is 0 Å². The molecule has 0 aromatic carbocycles. The van der Waals surface area contributed by atoms with E-state index in [1.165, 1.54) is 11.8 Å². The van der Waals surface area contributed by atoms with Crippen LogP contribution in [0.15, 0.2) is 0 Å². The van der Waals surface area contributed by atoms with Crippen LogP contribution in [0, 0.1) is 0 Å². The van der Waals surface area contributed by atoms with E-state index in [2.05, 4.69) is 0 Å². The monoisotopic (exact) mass is 213 g/mol. The normalized spacial score (nSPS) is 15.6. The summed E-state index contributed by atoms with van der Waals surface area (Å²) >= 11 is 6.60. The van der Waals surface area contributed by atoms with Gasteiger partial charge in [0.15, 0.2) is 0 Å². The number of hydrogen-bond donors (Lipinski definition) is 3. The van der Waals surface area contributed by atoms with Crippen LogP contribution in [-0.2, 0) is 4.79 Å². The van der Waals surface area contributed by atoms with Crippen LogP contribution in [0.3, 0.4) is 0 Å². The van der Waals surface area contributed by atoms with Crippen LogP contribution in [-0.4, -0.2) is 45.7 Å². The molecule has 72 valence electrons. The summed E-state index contributed by atoms with van der Waals surface area (Å²) in [6.45, 7) is 0. The minimum Gasteiger partial charge on any atom is -0.480 e. The van der Waals surface area contributed by atoms with Crippen molar-refractivity contribution in [1.82, 2.24) is 0 Å². The summed E-state index contributed by atoms with van der Waals surface area (Å²) in [4.78, 5) is 10.2. The van der Waals surface area contributed by atoms with Crippen molar-refractivity contribution < 1.29 is 15.0 Å². The zero-order valence-corrected chi connectivity index (χ0v) is 8.01. The van der Waals surface area contributed by atoms with Crippen LogP contribution >= 0.6 is 23.4 Å². The van der Waals surface area contributed by atoms with Gasteiger partial charge in [0.25, 0.3) is 0 Å². The Morgan fingerprint density at radius 2 is 2.17 bits per heavy atom. The van der Waals surface area contributed by atoms with E-state index in [-0.39, 0.29) is 5.88 Å². The molecule has 4 nitrogen and oxygen atoms in total. The van der Waals surface area contributed by atoms with Crippen molar-refractivity contribution in [1.29, 1.82) is 0 Å². The second-order valence-corrected chi connectivity index (χ2v) is 3.67. The molecule has 0 aromatic rings. The van der Waals surface area contributed by atoms with Crippen molar-refractivity contribution >= 4 is 29.3 Å². The molecule has 2 atom stereocenters. The summed E-state index contributed by atoms with van der Waals surface area (Å²) in [6, 6.07) is -0.863. The van der Waals surface area contributed by atoms with E-state index in [0.717, 1.165) is 0 Å². The van der Waals surface area contributed by atoms with E-state index in [9.17, 15) is 4.79 Å². The highest BCUT2D eigenvalue weighted by Gasteiger charge is 2.11. The number of nitrogens with two attached hydrogens (primary N) is 1. The van der Waals surface area contributed by atoms with Crippen LogP contribution in [0.4, 0.5) is 0 Å². The Hall–Kier alpha value is 0.0300. The van der Waals surface area contributed by atoms with Crippen LogP contribution in [0.5, 0.6) is 0 Å². The number of carboxylic acids is 1. The first-order valence-corrected chi connectivity index (χ1v) is 5.07. The molecule has 0 rings (SSSR count). The Bertz CT molecular complexity index is 147. The van der Waals surface area contributed by atoms with E-state index in [0.29, 0.717) is 11.5 Å². The minimum absolute atomic E-state index is 0.162. The summed E-state index contributed by atoms with van der Waals surface area (Å²) < 4.78 is 0. The molecule has 0 aliphatic carbocycles. The predicted molar refractivity (Wildman–Crippen MR) is 49.7 cm³/mol. The molecule has 0 saturated heterocycles. The predicted octanol–water partition coefficient (Wildman–Crippen LogP) is -0.269. The molecule has 1 unspecified atom stereocenters. The third-order valence-corrected chi connectivity index (χ3v) is 2.67. The van der Waals surface area contributed by atoms with E-state index in [4.69, 9.17) is 27.5 Å². The van der Waals surface area contributed by atoms with Gasteiger partial charge in [-0.05, 0) is 0 Å². The molecule has 0 bridgehead atoms. The molecule has 12 heavy (non-hydrogen) atoms. The molecular formula is C6H12ClNO3S. The van der Waals surface area contributed by atoms with E-state index >= 15 is 0 Å². The first-order chi connectivity index (χ1) is 5.57. The van der Waals surface area contributed by atoms with Gasteiger partial charge in [-0.3, -0.25) is 4.79 Å². The lowest BCUT2D eigenvalue weighted by Crippen LogP contribution is -2.33. The summed E-state index contributed by atoms with van der Waals surface area (Å²) in [5.74, 6) is -0.147. The van der Waals surface area contributed by atoms with Crippen LogP contribution in [0.2, 0.25) is 0 Å². The average molecular weight is 214 g/mol. The van der Waals surface area contributed by atoms with Gasteiger partial charge in [-0.1, -0.05) is 0 Å². The lowest BCUT2D eigenvalue weighted by atomic mass is 10.4. The van der Waals surface area contributed by atoms with Crippen molar-refractivity contribution in [3.63, 3.8) is 0 Å². The smallest absolute Gasteiger partial charge is 0.321 e. The molecule has 0 amide bonds. The average Bonchev–Trinajstić information content (AvgIpc) is 2.03. The second kappa shape index (κ2) is 6.54. The Balaban J connectivity index is 3.37. The fraction of sp³-hybridized carbons (Fsp3) is 0.833. The highest BCUT2D eigenvalue weighted by molar-refractivity contribution is 7.99. The second-order valence-electron chi connectivity index (χ2n) is 2.29. The van der Waals surface area contributed by atoms with Gasteiger partial charge in [-0.15, -0.1) is 11.6 Å². The molecule has 0 aliphatic heterocycles. The van der Waals surface area contributed by atoms with Gasteiger partial charge >= 0.3 is 5.97 Å². The Morgan fingerprint density at radius 1 is 1.58 bits per heavy atom. The molecule has 0 radical (unpaired) electrons. The minimum atomic E-state index is -1.03. The number of carbonyl (C=O) groups is 1. The largest absolute Gasteiger partial charge is 0.480 e. The van der Waals surface area contributed by atoms with Gasteiger partial charge in [-0.25, -0.2) is 0 Å². The highest BCUT2D eigenvalue weighted by atomic mass is 35.5. The SMILES string of the molecule is N[C@@H](CSCC(O)CCl)C(=O)O. The fourth-order valence-electron chi connectivity index (χ4n) is 0.447. The number of alkyl halides is 1. The molecule has 0 heterocycles. The first-order valence-electron chi connectivity index (χ1n) is 3.38. The van der Waals surface area contributed by atoms with Gasteiger partial charge in [0.1, 0.15) is 6.04 Å². The Kier molecular flexibility index (Phi) is 6.55. The summed E-state index contributed by atoms with van der Waals surface area (Å²) in [7, 11) is 0. The van der Waals surface area contributed by atoms with Crippen molar-refractivity contribution in [2.75, 3.05) is 17.4 Å². The number of thioether (sulfide) groups is 1. The number of aliphatic carboxylic acids is 1. The summed E-state index contributed by atoms with van der Waals surface area (Å²) in [5, 5.41) is 17.3. The molecule has 0 fully saturated rings. The van der Waals surface area contributed by atoms with Gasteiger partial charge in [-0.2, -0.15) is 11.8 Å². The third kappa shape index (κ3) is 5.65. The molecule has 4 N–H and O–H groups in total. The lowest BCUT2D eigenvalue weighted by Gasteiger charge is -2.08. The molecule has 0 saturated carbocycles. The number of rotatable bonds is 6. The third-order valence-electron chi connectivity index (χ3n) is 1.10. The van der Waals surface area contributed by atoms with Gasteiger partial charge < -0.3 is 15.9 Å². The van der Waals surface area contributed by atoms with Crippen molar-refractivity contribution in [2.45, 2.75) is 12.1 Å². The van der Waals surface area contributed by atoms with Gasteiger partial charge in [0.2, 0.25) is 0 Å². The maximum atomic E-state index is 10.2. The maximum absolute atomic E-state index is 10.2. The summed E-state index contributed by atoms with van der Waals surface area (Å²) in [6.07, 6.45) is -0.585. The number of carboxylic acid groups (broad SMARTS) is 1.